The fourth-order valence-electron chi connectivity index (χ4n) is 4.21. The average Bonchev–Trinajstić information content (AvgIpc) is 3.11. The predicted octanol–water partition coefficient (Wildman–Crippen LogP) is -2.33. The number of hydrogen-bond donors (Lipinski definition) is 2. The van der Waals surface area contributed by atoms with Crippen LogP contribution in [0.25, 0.3) is 34.6 Å². The molecule has 2 N–H and O–H groups in total. The molecule has 1 atom stereocenters. The van der Waals surface area contributed by atoms with Crippen molar-refractivity contribution < 1.29 is 24.3 Å². The van der Waals surface area contributed by atoms with Crippen molar-refractivity contribution in [3.05, 3.63) is 63.0 Å². The third kappa shape index (κ3) is 2.15. The average molecular weight is 374 g/mol. The van der Waals surface area contributed by atoms with Crippen LogP contribution in [-0.4, -0.2) is 31.7 Å². The van der Waals surface area contributed by atoms with Crippen molar-refractivity contribution in [1.29, 1.82) is 0 Å². The molecule has 1 unspecified atom stereocenters. The van der Waals surface area contributed by atoms with Crippen LogP contribution >= 0.6 is 0 Å². The van der Waals surface area contributed by atoms with Gasteiger partial charge in [-0.25, -0.2) is 4.79 Å². The van der Waals surface area contributed by atoms with Gasteiger partial charge in [0.2, 0.25) is 0 Å². The van der Waals surface area contributed by atoms with E-state index in [4.69, 9.17) is 9.47 Å². The van der Waals surface area contributed by atoms with E-state index in [0.717, 1.165) is 37.3 Å². The minimum absolute atomic E-state index is 0.159. The number of H-pyrrole nitrogens is 1. The Balaban J connectivity index is 1.96. The number of ether oxygens (including phenoxy) is 2. The summed E-state index contributed by atoms with van der Waals surface area (Å²) in [6, 6.07) is 11.0. The lowest BCUT2D eigenvalue weighted by molar-refractivity contribution is -0.728. The zero-order valence-corrected chi connectivity index (χ0v) is 15.5. The molecule has 6 nitrogen and oxygen atoms in total. The number of aromatic nitrogens is 1. The third-order valence-corrected chi connectivity index (χ3v) is 5.43. The second-order valence-electron chi connectivity index (χ2n) is 6.84. The van der Waals surface area contributed by atoms with E-state index in [-0.39, 0.29) is 11.3 Å². The third-order valence-electron chi connectivity index (χ3n) is 5.43. The smallest absolute Gasteiger partial charge is 0.338 e. The second-order valence-corrected chi connectivity index (χ2v) is 6.84. The SMILES string of the molecule is COC(=O)c1cccc2c1=C([O-])C1=c3[nH]c4cccc(OC)c4c3=CC[NH+]1C=2. The lowest BCUT2D eigenvalue weighted by Crippen LogP contribution is -3.07. The first-order valence-electron chi connectivity index (χ1n) is 9.00. The minimum atomic E-state index is -0.511. The summed E-state index contributed by atoms with van der Waals surface area (Å²) in [7, 11) is 2.96. The van der Waals surface area contributed by atoms with Crippen LogP contribution in [0.3, 0.4) is 0 Å². The summed E-state index contributed by atoms with van der Waals surface area (Å²) in [5.41, 5.74) is 1.81. The Bertz CT molecular complexity index is 1400. The van der Waals surface area contributed by atoms with E-state index in [9.17, 15) is 9.90 Å². The summed E-state index contributed by atoms with van der Waals surface area (Å²) in [4.78, 5) is 16.6. The minimum Gasteiger partial charge on any atom is -0.868 e. The maximum atomic E-state index is 13.5. The van der Waals surface area contributed by atoms with E-state index in [0.29, 0.717) is 17.5 Å². The number of nitrogens with one attached hydrogen (secondary N) is 2. The second kappa shape index (κ2) is 6.00. The number of rotatable bonds is 2. The summed E-state index contributed by atoms with van der Waals surface area (Å²) < 4.78 is 10.4. The Hall–Kier alpha value is -3.51. The maximum absolute atomic E-state index is 13.5. The molecule has 0 saturated carbocycles. The molecular formula is C22H18N2O4. The maximum Gasteiger partial charge on any atom is 0.338 e. The monoisotopic (exact) mass is 374 g/mol. The van der Waals surface area contributed by atoms with Crippen LogP contribution in [0.5, 0.6) is 5.75 Å². The first kappa shape index (κ1) is 16.6. The molecule has 0 spiro atoms. The van der Waals surface area contributed by atoms with Crippen molar-refractivity contribution >= 4 is 40.6 Å². The number of aromatic amines is 1. The fraction of sp³-hybridized carbons (Fsp3) is 0.136. The Labute approximate surface area is 159 Å². The van der Waals surface area contributed by atoms with Gasteiger partial charge < -0.3 is 19.6 Å². The number of quaternary nitrogens is 1. The fourth-order valence-corrected chi connectivity index (χ4v) is 4.21. The number of hydrogen-bond acceptors (Lipinski definition) is 4. The zero-order chi connectivity index (χ0) is 19.4. The van der Waals surface area contributed by atoms with Gasteiger partial charge in [0, 0.05) is 15.8 Å². The highest BCUT2D eigenvalue weighted by Crippen LogP contribution is 2.20. The molecule has 6 heteroatoms. The van der Waals surface area contributed by atoms with Crippen molar-refractivity contribution in [2.45, 2.75) is 0 Å². The Morgan fingerprint density at radius 2 is 2.00 bits per heavy atom. The van der Waals surface area contributed by atoms with Crippen LogP contribution in [0.1, 0.15) is 10.4 Å². The van der Waals surface area contributed by atoms with Gasteiger partial charge in [-0.05, 0) is 41.3 Å². The lowest BCUT2D eigenvalue weighted by Gasteiger charge is -2.27. The predicted molar refractivity (Wildman–Crippen MR) is 103 cm³/mol. The lowest BCUT2D eigenvalue weighted by atomic mass is 10.0. The first-order valence-corrected chi connectivity index (χ1v) is 9.00. The molecule has 1 aromatic heterocycles. The van der Waals surface area contributed by atoms with E-state index in [1.165, 1.54) is 7.11 Å². The molecule has 0 amide bonds. The van der Waals surface area contributed by atoms with Crippen LogP contribution in [0.4, 0.5) is 0 Å². The summed E-state index contributed by atoms with van der Waals surface area (Å²) in [5, 5.41) is 17.4. The van der Waals surface area contributed by atoms with E-state index >= 15 is 0 Å². The molecule has 3 aromatic rings. The van der Waals surface area contributed by atoms with Gasteiger partial charge in [0.25, 0.3) is 0 Å². The topological polar surface area (TPSA) is 78.8 Å². The number of methoxy groups -OCH3 is 2. The number of carbonyl (C=O) groups excluding carboxylic acids is 1. The van der Waals surface area contributed by atoms with Gasteiger partial charge in [-0.1, -0.05) is 12.1 Å². The molecule has 0 bridgehead atoms. The van der Waals surface area contributed by atoms with Gasteiger partial charge in [-0.15, -0.1) is 0 Å². The first-order chi connectivity index (χ1) is 13.6. The normalized spacial score (nSPS) is 17.1. The van der Waals surface area contributed by atoms with Crippen molar-refractivity contribution in [2.75, 3.05) is 20.8 Å². The molecule has 0 aliphatic carbocycles. The summed E-state index contributed by atoms with van der Waals surface area (Å²) >= 11 is 0. The highest BCUT2D eigenvalue weighted by molar-refractivity contribution is 5.94. The van der Waals surface area contributed by atoms with E-state index in [1.807, 2.05) is 30.5 Å². The molecule has 0 radical (unpaired) electrons. The van der Waals surface area contributed by atoms with Crippen molar-refractivity contribution in [1.82, 2.24) is 4.98 Å². The van der Waals surface area contributed by atoms with Gasteiger partial charge >= 0.3 is 5.97 Å². The molecule has 3 heterocycles. The van der Waals surface area contributed by atoms with Crippen LogP contribution in [0, 0.1) is 0 Å². The van der Waals surface area contributed by atoms with Gasteiger partial charge in [-0.2, -0.15) is 0 Å². The molecule has 2 aliphatic heterocycles. The van der Waals surface area contributed by atoms with Gasteiger partial charge in [0.1, 0.15) is 23.8 Å². The molecule has 2 aromatic carbocycles. The Kier molecular flexibility index (Phi) is 3.57. The molecular weight excluding hydrogens is 356 g/mol. The van der Waals surface area contributed by atoms with E-state index in [1.54, 1.807) is 19.2 Å². The van der Waals surface area contributed by atoms with Gasteiger partial charge in [0.15, 0.2) is 5.70 Å². The Morgan fingerprint density at radius 1 is 1.18 bits per heavy atom. The molecule has 140 valence electrons. The van der Waals surface area contributed by atoms with Gasteiger partial charge in [0.05, 0.1) is 25.3 Å². The summed E-state index contributed by atoms with van der Waals surface area (Å²) in [6.45, 7) is 0.640. The van der Waals surface area contributed by atoms with E-state index < -0.39 is 5.97 Å². The largest absolute Gasteiger partial charge is 0.868 e. The zero-order valence-electron chi connectivity index (χ0n) is 15.5. The molecule has 0 saturated heterocycles. The van der Waals surface area contributed by atoms with Gasteiger partial charge in [-0.3, -0.25) is 4.90 Å². The van der Waals surface area contributed by atoms with E-state index in [2.05, 4.69) is 11.1 Å². The van der Waals surface area contributed by atoms with Crippen molar-refractivity contribution in [3.63, 3.8) is 0 Å². The number of carbonyl (C=O) groups is 1. The van der Waals surface area contributed by atoms with Crippen molar-refractivity contribution in [2.24, 2.45) is 0 Å². The standard InChI is InChI=1S/C22H18N2O4/c1-27-16-8-4-7-15-18(16)13-9-10-24-11-12-5-3-6-14(22(26)28-2)17(12)21(25)20(24)19(13)23-15/h3-9,11,23,25H,10H2,1-2H3. The quantitative estimate of drug-likeness (QED) is 0.494. The van der Waals surface area contributed by atoms with Crippen LogP contribution in [0.2, 0.25) is 0 Å². The number of fused-ring (bicyclic) bond motifs is 5. The number of esters is 1. The molecule has 0 fully saturated rings. The molecule has 2 aliphatic rings. The highest BCUT2D eigenvalue weighted by Gasteiger charge is 2.25. The summed E-state index contributed by atoms with van der Waals surface area (Å²) in [5.74, 6) is 0.0927. The highest BCUT2D eigenvalue weighted by atomic mass is 16.5. The van der Waals surface area contributed by atoms with Crippen LogP contribution in [-0.2, 0) is 4.74 Å². The Morgan fingerprint density at radius 3 is 2.79 bits per heavy atom. The van der Waals surface area contributed by atoms with Crippen molar-refractivity contribution in [3.8, 4) is 5.75 Å². The van der Waals surface area contributed by atoms with Crippen LogP contribution in [0.15, 0.2) is 36.4 Å². The molecule has 28 heavy (non-hydrogen) atoms. The summed E-state index contributed by atoms with van der Waals surface area (Å²) in [6.07, 6.45) is 4.11. The molecule has 5 rings (SSSR count). The van der Waals surface area contributed by atoms with Crippen LogP contribution < -0.4 is 35.7 Å². The number of benzene rings is 2.